The van der Waals surface area contributed by atoms with Gasteiger partial charge in [-0.3, -0.25) is 0 Å². The Hall–Kier alpha value is -3.06. The molecule has 0 bridgehead atoms. The minimum Gasteiger partial charge on any atom is -0.493 e. The Morgan fingerprint density at radius 3 is 2.56 bits per heavy atom. The fourth-order valence-corrected chi connectivity index (χ4v) is 3.67. The average Bonchev–Trinajstić information content (AvgIpc) is 2.77. The first-order valence-electron chi connectivity index (χ1n) is 10.7. The Morgan fingerprint density at radius 2 is 1.88 bits per heavy atom. The number of benzene rings is 2. The summed E-state index contributed by atoms with van der Waals surface area (Å²) < 4.78 is 17.1. The second kappa shape index (κ2) is 11.0. The van der Waals surface area contributed by atoms with Gasteiger partial charge in [-0.25, -0.2) is 4.79 Å². The van der Waals surface area contributed by atoms with Crippen LogP contribution >= 0.6 is 12.2 Å². The van der Waals surface area contributed by atoms with Gasteiger partial charge in [0.1, 0.15) is 6.61 Å². The molecule has 7 heteroatoms. The molecule has 0 spiro atoms. The molecule has 0 fully saturated rings. The van der Waals surface area contributed by atoms with Crippen molar-refractivity contribution in [3.05, 3.63) is 70.9 Å². The number of carbonyl (C=O) groups excluding carboxylic acids is 1. The van der Waals surface area contributed by atoms with Crippen molar-refractivity contribution in [2.45, 2.75) is 39.8 Å². The number of esters is 1. The van der Waals surface area contributed by atoms with E-state index in [1.165, 1.54) is 0 Å². The van der Waals surface area contributed by atoms with E-state index in [2.05, 4.69) is 24.5 Å². The summed E-state index contributed by atoms with van der Waals surface area (Å²) in [6.45, 7) is 6.93. The molecule has 1 atom stereocenters. The minimum atomic E-state index is -0.467. The highest BCUT2D eigenvalue weighted by Gasteiger charge is 2.31. The van der Waals surface area contributed by atoms with Gasteiger partial charge < -0.3 is 24.8 Å². The second-order valence-corrected chi connectivity index (χ2v) is 8.48. The number of rotatable bonds is 9. The smallest absolute Gasteiger partial charge is 0.338 e. The third-order valence-corrected chi connectivity index (χ3v) is 5.40. The van der Waals surface area contributed by atoms with Crippen molar-refractivity contribution in [1.29, 1.82) is 0 Å². The summed E-state index contributed by atoms with van der Waals surface area (Å²) in [5.41, 5.74) is 2.89. The van der Waals surface area contributed by atoms with E-state index in [4.69, 9.17) is 26.4 Å². The van der Waals surface area contributed by atoms with E-state index in [1.807, 2.05) is 55.5 Å². The van der Waals surface area contributed by atoms with E-state index in [0.29, 0.717) is 40.4 Å². The van der Waals surface area contributed by atoms with Crippen LogP contribution < -0.4 is 20.1 Å². The molecule has 2 N–H and O–H groups in total. The van der Waals surface area contributed by atoms with Gasteiger partial charge in [0.05, 0.1) is 25.3 Å². The quantitative estimate of drug-likeness (QED) is 0.422. The lowest BCUT2D eigenvalue weighted by Crippen LogP contribution is -2.45. The summed E-state index contributed by atoms with van der Waals surface area (Å²) in [4.78, 5) is 13.0. The predicted molar refractivity (Wildman–Crippen MR) is 128 cm³/mol. The molecule has 0 aromatic heterocycles. The molecular formula is C25H30N2O4S. The fourth-order valence-electron chi connectivity index (χ4n) is 3.40. The Bertz CT molecular complexity index is 989. The van der Waals surface area contributed by atoms with Crippen molar-refractivity contribution in [1.82, 2.24) is 10.6 Å². The van der Waals surface area contributed by atoms with Crippen LogP contribution in [0.15, 0.2) is 59.8 Å². The molecule has 1 aliphatic rings. The van der Waals surface area contributed by atoms with Crippen molar-refractivity contribution in [2.24, 2.45) is 5.92 Å². The molecule has 1 aliphatic heterocycles. The summed E-state index contributed by atoms with van der Waals surface area (Å²) in [6.07, 6.45) is 0.953. The van der Waals surface area contributed by atoms with Gasteiger partial charge in [0.15, 0.2) is 16.6 Å². The van der Waals surface area contributed by atoms with Crippen molar-refractivity contribution >= 4 is 23.3 Å². The second-order valence-electron chi connectivity index (χ2n) is 8.07. The van der Waals surface area contributed by atoms with Crippen molar-refractivity contribution in [3.63, 3.8) is 0 Å². The SMILES string of the molecule is COc1cc([C@@H]2NC(=S)NC(C)=C2C(=O)OCc2ccccc2)ccc1OCCC(C)C. The van der Waals surface area contributed by atoms with Crippen LogP contribution in [-0.2, 0) is 16.1 Å². The standard InChI is InChI=1S/C25H30N2O4S/c1-16(2)12-13-30-20-11-10-19(14-21(20)29-4)23-22(17(3)26-25(32)27-23)24(28)31-15-18-8-6-5-7-9-18/h5-11,14,16,23H,12-13,15H2,1-4H3,(H2,26,27,32)/t23-/m0/s1. The van der Waals surface area contributed by atoms with Gasteiger partial charge in [0.2, 0.25) is 0 Å². The first-order chi connectivity index (χ1) is 15.4. The molecule has 170 valence electrons. The number of thiocarbonyl (C=S) groups is 1. The molecular weight excluding hydrogens is 424 g/mol. The molecule has 1 heterocycles. The topological polar surface area (TPSA) is 68.8 Å². The number of allylic oxidation sites excluding steroid dienone is 1. The van der Waals surface area contributed by atoms with Gasteiger partial charge in [0.25, 0.3) is 0 Å². The lowest BCUT2D eigenvalue weighted by Gasteiger charge is -2.30. The number of ether oxygens (including phenoxy) is 3. The third kappa shape index (κ3) is 6.01. The lowest BCUT2D eigenvalue weighted by molar-refractivity contribution is -0.140. The zero-order chi connectivity index (χ0) is 23.1. The predicted octanol–water partition coefficient (Wildman–Crippen LogP) is 4.66. The summed E-state index contributed by atoms with van der Waals surface area (Å²) in [5.74, 6) is 1.42. The molecule has 0 aliphatic carbocycles. The van der Waals surface area contributed by atoms with Crippen molar-refractivity contribution in [2.75, 3.05) is 13.7 Å². The molecule has 0 radical (unpaired) electrons. The number of methoxy groups -OCH3 is 1. The Balaban J connectivity index is 1.82. The maximum atomic E-state index is 13.0. The van der Waals surface area contributed by atoms with Gasteiger partial charge in [-0.15, -0.1) is 0 Å². The van der Waals surface area contributed by atoms with Gasteiger partial charge in [0, 0.05) is 5.70 Å². The van der Waals surface area contributed by atoms with Crippen LogP contribution in [0.2, 0.25) is 0 Å². The van der Waals surface area contributed by atoms with Gasteiger partial charge >= 0.3 is 5.97 Å². The van der Waals surface area contributed by atoms with Gasteiger partial charge in [-0.05, 0) is 54.7 Å². The van der Waals surface area contributed by atoms with E-state index < -0.39 is 12.0 Å². The largest absolute Gasteiger partial charge is 0.493 e. The first kappa shape index (κ1) is 23.6. The van der Waals surface area contributed by atoms with E-state index in [0.717, 1.165) is 17.5 Å². The van der Waals surface area contributed by atoms with E-state index >= 15 is 0 Å². The molecule has 0 saturated heterocycles. The maximum Gasteiger partial charge on any atom is 0.338 e. The molecule has 0 amide bonds. The molecule has 6 nitrogen and oxygen atoms in total. The monoisotopic (exact) mass is 454 g/mol. The van der Waals surface area contributed by atoms with Gasteiger partial charge in [-0.2, -0.15) is 0 Å². The summed E-state index contributed by atoms with van der Waals surface area (Å²) in [5, 5.41) is 6.66. The molecule has 3 rings (SSSR count). The molecule has 2 aromatic carbocycles. The van der Waals surface area contributed by atoms with E-state index in [1.54, 1.807) is 7.11 Å². The van der Waals surface area contributed by atoms with Crippen LogP contribution in [-0.4, -0.2) is 24.8 Å². The highest BCUT2D eigenvalue weighted by Crippen LogP contribution is 2.35. The van der Waals surface area contributed by atoms with Crippen LogP contribution in [0, 0.1) is 5.92 Å². The average molecular weight is 455 g/mol. The number of carbonyl (C=O) groups is 1. The molecule has 0 unspecified atom stereocenters. The first-order valence-corrected chi connectivity index (χ1v) is 11.1. The van der Waals surface area contributed by atoms with E-state index in [9.17, 15) is 4.79 Å². The Kier molecular flexibility index (Phi) is 8.11. The van der Waals surface area contributed by atoms with Gasteiger partial charge in [-0.1, -0.05) is 50.2 Å². The number of nitrogens with one attached hydrogen (secondary N) is 2. The van der Waals surface area contributed by atoms with Crippen LogP contribution in [0.1, 0.15) is 44.4 Å². The number of hydrogen-bond donors (Lipinski definition) is 2. The Morgan fingerprint density at radius 1 is 1.12 bits per heavy atom. The summed E-state index contributed by atoms with van der Waals surface area (Å²) in [6, 6.07) is 14.8. The molecule has 32 heavy (non-hydrogen) atoms. The van der Waals surface area contributed by atoms with Crippen LogP contribution in [0.4, 0.5) is 0 Å². The number of hydrogen-bond acceptors (Lipinski definition) is 5. The maximum absolute atomic E-state index is 13.0. The van der Waals surface area contributed by atoms with Crippen LogP contribution in [0.5, 0.6) is 11.5 Å². The van der Waals surface area contributed by atoms with Crippen LogP contribution in [0.3, 0.4) is 0 Å². The minimum absolute atomic E-state index is 0.194. The Labute approximate surface area is 194 Å². The highest BCUT2D eigenvalue weighted by molar-refractivity contribution is 7.80. The normalized spacial score (nSPS) is 15.8. The van der Waals surface area contributed by atoms with Crippen molar-refractivity contribution in [3.8, 4) is 11.5 Å². The zero-order valence-corrected chi connectivity index (χ0v) is 19.8. The zero-order valence-electron chi connectivity index (χ0n) is 18.9. The van der Waals surface area contributed by atoms with Crippen molar-refractivity contribution < 1.29 is 19.0 Å². The lowest BCUT2D eigenvalue weighted by atomic mass is 9.95. The highest BCUT2D eigenvalue weighted by atomic mass is 32.1. The summed E-state index contributed by atoms with van der Waals surface area (Å²) >= 11 is 5.34. The summed E-state index contributed by atoms with van der Waals surface area (Å²) in [7, 11) is 1.60. The fraction of sp³-hybridized carbons (Fsp3) is 0.360. The third-order valence-electron chi connectivity index (χ3n) is 5.18. The van der Waals surface area contributed by atoms with Crippen LogP contribution in [0.25, 0.3) is 0 Å². The molecule has 2 aromatic rings. The molecule has 0 saturated carbocycles. The van der Waals surface area contributed by atoms with E-state index in [-0.39, 0.29) is 6.61 Å².